The lowest BCUT2D eigenvalue weighted by molar-refractivity contribution is 0.591. The van der Waals surface area contributed by atoms with Crippen LogP contribution >= 0.6 is 0 Å². The molecule has 0 aromatic heterocycles. The van der Waals surface area contributed by atoms with Gasteiger partial charge in [-0.2, -0.15) is 0 Å². The topological polar surface area (TPSA) is 80.3 Å². The molecule has 1 heterocycles. The summed E-state index contributed by atoms with van der Waals surface area (Å²) in [6.07, 6.45) is 1.21. The molecule has 0 amide bonds. The van der Waals surface area contributed by atoms with Crippen LogP contribution < -0.4 is 5.32 Å². The fourth-order valence-electron chi connectivity index (χ4n) is 2.55. The van der Waals surface area contributed by atoms with E-state index in [0.717, 1.165) is 0 Å². The Morgan fingerprint density at radius 1 is 1.29 bits per heavy atom. The molecule has 7 heteroatoms. The number of rotatable bonds is 6. The zero-order valence-electron chi connectivity index (χ0n) is 12.1. The van der Waals surface area contributed by atoms with Gasteiger partial charge in [0.15, 0.2) is 19.7 Å². The summed E-state index contributed by atoms with van der Waals surface area (Å²) in [5.41, 5.74) is 0.565. The second-order valence-corrected chi connectivity index (χ2v) is 9.77. The van der Waals surface area contributed by atoms with E-state index in [4.69, 9.17) is 0 Å². The van der Waals surface area contributed by atoms with E-state index in [9.17, 15) is 16.8 Å². The number of para-hydroxylation sites is 1. The quantitative estimate of drug-likeness (QED) is 0.858. The normalized spacial score (nSPS) is 21.3. The van der Waals surface area contributed by atoms with Crippen LogP contribution in [-0.2, 0) is 19.7 Å². The van der Waals surface area contributed by atoms with Crippen molar-refractivity contribution >= 4 is 25.4 Å². The van der Waals surface area contributed by atoms with Crippen molar-refractivity contribution in [3.05, 3.63) is 24.3 Å². The van der Waals surface area contributed by atoms with Crippen LogP contribution in [0.1, 0.15) is 19.8 Å². The maximum Gasteiger partial charge on any atom is 0.180 e. The van der Waals surface area contributed by atoms with Crippen molar-refractivity contribution in [1.29, 1.82) is 0 Å². The number of nitrogens with one attached hydrogen (secondary N) is 1. The van der Waals surface area contributed by atoms with Gasteiger partial charge in [0, 0.05) is 6.54 Å². The zero-order valence-corrected chi connectivity index (χ0v) is 13.7. The van der Waals surface area contributed by atoms with E-state index in [1.165, 1.54) is 0 Å². The van der Waals surface area contributed by atoms with Gasteiger partial charge >= 0.3 is 0 Å². The Bertz CT molecular complexity index is 695. The Kier molecular flexibility index (Phi) is 4.93. The highest BCUT2D eigenvalue weighted by atomic mass is 32.2. The molecule has 21 heavy (non-hydrogen) atoms. The lowest BCUT2D eigenvalue weighted by Crippen LogP contribution is -2.17. The summed E-state index contributed by atoms with van der Waals surface area (Å²) >= 11 is 0. The lowest BCUT2D eigenvalue weighted by Gasteiger charge is -2.14. The van der Waals surface area contributed by atoms with Gasteiger partial charge in [0.25, 0.3) is 0 Å². The number of anilines is 1. The molecule has 1 aliphatic rings. The molecule has 1 fully saturated rings. The van der Waals surface area contributed by atoms with Crippen molar-refractivity contribution < 1.29 is 16.8 Å². The fraction of sp³-hybridized carbons (Fsp3) is 0.571. The average Bonchev–Trinajstić information content (AvgIpc) is 2.76. The molecule has 1 aromatic carbocycles. The molecule has 1 unspecified atom stereocenters. The number of hydrogen-bond donors (Lipinski definition) is 1. The zero-order chi connectivity index (χ0) is 15.5. The lowest BCUT2D eigenvalue weighted by atomic mass is 10.1. The van der Waals surface area contributed by atoms with E-state index in [1.54, 1.807) is 24.3 Å². The second-order valence-electron chi connectivity index (χ2n) is 5.46. The van der Waals surface area contributed by atoms with E-state index in [2.05, 4.69) is 5.32 Å². The third-order valence-electron chi connectivity index (χ3n) is 3.60. The molecule has 5 nitrogen and oxygen atoms in total. The van der Waals surface area contributed by atoms with Gasteiger partial charge in [-0.3, -0.25) is 0 Å². The Labute approximate surface area is 126 Å². The number of benzene rings is 1. The summed E-state index contributed by atoms with van der Waals surface area (Å²) in [6.45, 7) is 2.31. The average molecular weight is 331 g/mol. The Morgan fingerprint density at radius 2 is 2.00 bits per heavy atom. The van der Waals surface area contributed by atoms with Crippen LogP contribution in [0.5, 0.6) is 0 Å². The van der Waals surface area contributed by atoms with Crippen LogP contribution in [0.3, 0.4) is 0 Å². The fourth-order valence-corrected chi connectivity index (χ4v) is 5.93. The van der Waals surface area contributed by atoms with E-state index < -0.39 is 19.7 Å². The maximum absolute atomic E-state index is 12.2. The van der Waals surface area contributed by atoms with Gasteiger partial charge in [-0.1, -0.05) is 19.1 Å². The van der Waals surface area contributed by atoms with Crippen molar-refractivity contribution in [2.24, 2.45) is 5.92 Å². The van der Waals surface area contributed by atoms with Crippen LogP contribution in [0, 0.1) is 5.92 Å². The van der Waals surface area contributed by atoms with Crippen LogP contribution in [0.2, 0.25) is 0 Å². The molecule has 0 spiro atoms. The Morgan fingerprint density at radius 3 is 2.62 bits per heavy atom. The van der Waals surface area contributed by atoms with E-state index in [1.807, 2.05) is 6.92 Å². The third-order valence-corrected chi connectivity index (χ3v) is 7.41. The second kappa shape index (κ2) is 6.36. The highest BCUT2D eigenvalue weighted by Crippen LogP contribution is 2.24. The molecule has 0 aliphatic carbocycles. The largest absolute Gasteiger partial charge is 0.384 e. The Balaban J connectivity index is 2.11. The van der Waals surface area contributed by atoms with Crippen molar-refractivity contribution in [2.45, 2.75) is 24.7 Å². The summed E-state index contributed by atoms with van der Waals surface area (Å²) in [7, 11) is -6.20. The van der Waals surface area contributed by atoms with Crippen molar-refractivity contribution in [2.75, 3.05) is 29.1 Å². The van der Waals surface area contributed by atoms with Gasteiger partial charge < -0.3 is 5.32 Å². The predicted octanol–water partition coefficient (Wildman–Crippen LogP) is 1.72. The van der Waals surface area contributed by atoms with Crippen LogP contribution in [0.4, 0.5) is 5.69 Å². The van der Waals surface area contributed by atoms with Crippen LogP contribution in [0.25, 0.3) is 0 Å². The molecule has 1 atom stereocenters. The van der Waals surface area contributed by atoms with Gasteiger partial charge in [-0.25, -0.2) is 16.8 Å². The molecule has 0 saturated carbocycles. The summed E-state index contributed by atoms with van der Waals surface area (Å²) in [4.78, 5) is 0.299. The first kappa shape index (κ1) is 16.3. The Hall–Kier alpha value is -1.08. The summed E-state index contributed by atoms with van der Waals surface area (Å²) in [5, 5.41) is 3.11. The molecule has 1 aromatic rings. The first-order chi connectivity index (χ1) is 9.84. The van der Waals surface area contributed by atoms with Crippen molar-refractivity contribution in [1.82, 2.24) is 0 Å². The summed E-state index contributed by atoms with van der Waals surface area (Å²) < 4.78 is 47.3. The van der Waals surface area contributed by atoms with Gasteiger partial charge in [0.2, 0.25) is 0 Å². The summed E-state index contributed by atoms with van der Waals surface area (Å²) in [5.74, 6) is 0.583. The highest BCUT2D eigenvalue weighted by molar-refractivity contribution is 7.91. The maximum atomic E-state index is 12.2. The molecule has 1 aliphatic heterocycles. The molecule has 0 bridgehead atoms. The molecular formula is C14H21NO4S2. The van der Waals surface area contributed by atoms with Crippen LogP contribution in [0.15, 0.2) is 29.2 Å². The first-order valence-electron chi connectivity index (χ1n) is 7.10. The van der Waals surface area contributed by atoms with Crippen molar-refractivity contribution in [3.63, 3.8) is 0 Å². The van der Waals surface area contributed by atoms with E-state index in [0.29, 0.717) is 30.0 Å². The van der Waals surface area contributed by atoms with E-state index >= 15 is 0 Å². The number of hydrogen-bond acceptors (Lipinski definition) is 5. The summed E-state index contributed by atoms with van der Waals surface area (Å²) in [6, 6.07) is 6.80. The third kappa shape index (κ3) is 4.20. The molecule has 0 radical (unpaired) electrons. The van der Waals surface area contributed by atoms with Crippen molar-refractivity contribution in [3.8, 4) is 0 Å². The van der Waals surface area contributed by atoms with Crippen LogP contribution in [-0.4, -0.2) is 40.6 Å². The SMILES string of the molecule is CCCS(=O)(=O)c1ccccc1NCC1CCS(=O)(=O)C1. The highest BCUT2D eigenvalue weighted by Gasteiger charge is 2.28. The standard InChI is InChI=1S/C14H21NO4S2/c1-2-8-21(18,19)14-6-4-3-5-13(14)15-10-12-7-9-20(16,17)11-12/h3-6,12,15H,2,7-11H2,1H3. The molecule has 2 rings (SSSR count). The van der Waals surface area contributed by atoms with Gasteiger partial charge in [-0.05, 0) is 30.9 Å². The van der Waals surface area contributed by atoms with E-state index in [-0.39, 0.29) is 23.2 Å². The molecule has 118 valence electrons. The molecular weight excluding hydrogens is 310 g/mol. The van der Waals surface area contributed by atoms with Gasteiger partial charge in [0.1, 0.15) is 0 Å². The minimum absolute atomic E-state index is 0.0527. The van der Waals surface area contributed by atoms with Gasteiger partial charge in [-0.15, -0.1) is 0 Å². The monoisotopic (exact) mass is 331 g/mol. The molecule has 1 saturated heterocycles. The number of sulfone groups is 2. The molecule has 1 N–H and O–H groups in total. The first-order valence-corrected chi connectivity index (χ1v) is 10.6. The minimum atomic E-state index is -3.29. The minimum Gasteiger partial charge on any atom is -0.384 e. The predicted molar refractivity (Wildman–Crippen MR) is 84.0 cm³/mol. The smallest absolute Gasteiger partial charge is 0.180 e. The van der Waals surface area contributed by atoms with Gasteiger partial charge in [0.05, 0.1) is 27.8 Å².